The second kappa shape index (κ2) is 11.0. The van der Waals surface area contributed by atoms with E-state index in [4.69, 9.17) is 5.73 Å². The molecule has 1 fully saturated rings. The molecule has 0 amide bonds. The summed E-state index contributed by atoms with van der Waals surface area (Å²) in [6.45, 7) is 4.21. The number of nitrogens with zero attached hydrogens (tertiary/aromatic N) is 5. The number of fused-ring (bicyclic) bond motifs is 1. The van der Waals surface area contributed by atoms with Gasteiger partial charge >= 0.3 is 0 Å². The minimum Gasteiger partial charge on any atom is -0.383 e. The van der Waals surface area contributed by atoms with E-state index >= 15 is 0 Å². The van der Waals surface area contributed by atoms with Crippen LogP contribution in [0.25, 0.3) is 21.6 Å². The van der Waals surface area contributed by atoms with Crippen molar-refractivity contribution in [2.75, 3.05) is 31.9 Å². The molecule has 4 aromatic rings. The summed E-state index contributed by atoms with van der Waals surface area (Å²) in [5.41, 5.74) is 9.51. The van der Waals surface area contributed by atoms with E-state index in [-0.39, 0.29) is 0 Å². The fourth-order valence-corrected chi connectivity index (χ4v) is 5.52. The quantitative estimate of drug-likeness (QED) is 0.284. The smallest absolute Gasteiger partial charge is 0.146 e. The number of rotatable bonds is 11. The highest BCUT2D eigenvalue weighted by molar-refractivity contribution is 7.09. The van der Waals surface area contributed by atoms with Crippen LogP contribution in [0.4, 0.5) is 5.82 Å². The van der Waals surface area contributed by atoms with Gasteiger partial charge in [0.2, 0.25) is 0 Å². The number of anilines is 1. The zero-order valence-corrected chi connectivity index (χ0v) is 20.2. The van der Waals surface area contributed by atoms with Crippen LogP contribution in [0.3, 0.4) is 0 Å². The second-order valence-electron chi connectivity index (χ2n) is 9.03. The van der Waals surface area contributed by atoms with Gasteiger partial charge in [-0.05, 0) is 81.3 Å². The van der Waals surface area contributed by atoms with Crippen LogP contribution in [0, 0.1) is 5.92 Å². The normalized spacial score (nSPS) is 18.1. The summed E-state index contributed by atoms with van der Waals surface area (Å²) in [7, 11) is 0. The van der Waals surface area contributed by atoms with Crippen LogP contribution in [-0.4, -0.2) is 50.1 Å². The molecule has 34 heavy (non-hydrogen) atoms. The van der Waals surface area contributed by atoms with Crippen molar-refractivity contribution in [2.45, 2.75) is 38.1 Å². The molecule has 178 valence electrons. The molecule has 1 aliphatic rings. The molecule has 1 saturated carbocycles. The Bertz CT molecular complexity index is 1170. The maximum Gasteiger partial charge on any atom is 0.146 e. The molecule has 8 nitrogen and oxygen atoms in total. The van der Waals surface area contributed by atoms with E-state index in [1.807, 2.05) is 0 Å². The summed E-state index contributed by atoms with van der Waals surface area (Å²) >= 11 is 1.37. The predicted molar refractivity (Wildman–Crippen MR) is 138 cm³/mol. The van der Waals surface area contributed by atoms with Crippen LogP contribution in [0.2, 0.25) is 0 Å². The van der Waals surface area contributed by atoms with Crippen molar-refractivity contribution >= 4 is 28.4 Å². The second-order valence-corrected chi connectivity index (χ2v) is 9.81. The molecule has 0 radical (unpaired) electrons. The van der Waals surface area contributed by atoms with Gasteiger partial charge in [0.15, 0.2) is 0 Å². The molecule has 0 aliphatic heterocycles. The number of nitrogen functional groups attached to an aromatic ring is 1. The lowest BCUT2D eigenvalue weighted by atomic mass is 10.1. The number of hydrogen-bond acceptors (Lipinski definition) is 8. The molecule has 4 N–H and O–H groups in total. The van der Waals surface area contributed by atoms with Gasteiger partial charge in [0, 0.05) is 17.8 Å². The van der Waals surface area contributed by atoms with Gasteiger partial charge < -0.3 is 20.9 Å². The zero-order chi connectivity index (χ0) is 23.2. The van der Waals surface area contributed by atoms with Crippen LogP contribution in [0.1, 0.15) is 37.3 Å². The third kappa shape index (κ3) is 5.27. The van der Waals surface area contributed by atoms with E-state index in [1.165, 1.54) is 23.5 Å². The first-order chi connectivity index (χ1) is 16.8. The van der Waals surface area contributed by atoms with Gasteiger partial charge in [-0.3, -0.25) is 0 Å². The number of benzene rings is 1. The highest BCUT2D eigenvalue weighted by Gasteiger charge is 2.28. The Hall–Kier alpha value is -2.88. The van der Waals surface area contributed by atoms with Crippen molar-refractivity contribution in [1.82, 2.24) is 34.5 Å². The molecule has 3 aromatic heterocycles. The predicted octanol–water partition coefficient (Wildman–Crippen LogP) is 3.69. The van der Waals surface area contributed by atoms with Gasteiger partial charge in [-0.25, -0.2) is 15.0 Å². The molecule has 3 heterocycles. The summed E-state index contributed by atoms with van der Waals surface area (Å²) in [4.78, 5) is 13.2. The monoisotopic (exact) mass is 476 g/mol. The molecule has 0 saturated heterocycles. The van der Waals surface area contributed by atoms with Gasteiger partial charge in [-0.1, -0.05) is 30.3 Å². The topological polar surface area (TPSA) is 107 Å². The Labute approximate surface area is 204 Å². The molecule has 9 heteroatoms. The summed E-state index contributed by atoms with van der Waals surface area (Å²) in [6.07, 6.45) is 11.0. The van der Waals surface area contributed by atoms with E-state index < -0.39 is 0 Å². The largest absolute Gasteiger partial charge is 0.383 e. The Morgan fingerprint density at radius 3 is 2.74 bits per heavy atom. The van der Waals surface area contributed by atoms with Crippen LogP contribution in [0.15, 0.2) is 49.2 Å². The number of hydrogen-bond donors (Lipinski definition) is 3. The highest BCUT2D eigenvalue weighted by Crippen LogP contribution is 2.40. The maximum absolute atomic E-state index is 6.23. The molecule has 2 unspecified atom stereocenters. The summed E-state index contributed by atoms with van der Waals surface area (Å²) in [5, 5.41) is 8.97. The van der Waals surface area contributed by atoms with E-state index in [0.717, 1.165) is 73.5 Å². The van der Waals surface area contributed by atoms with Crippen LogP contribution in [-0.2, 0) is 6.42 Å². The van der Waals surface area contributed by atoms with Crippen molar-refractivity contribution in [3.8, 4) is 10.6 Å². The van der Waals surface area contributed by atoms with Crippen molar-refractivity contribution in [3.05, 3.63) is 54.7 Å². The minimum absolute atomic E-state index is 0.421. The molecular weight excluding hydrogens is 444 g/mol. The Kier molecular flexibility index (Phi) is 7.43. The third-order valence-corrected chi connectivity index (χ3v) is 7.41. The fraction of sp³-hybridized carbons (Fsp3) is 0.440. The number of aromatic nitrogens is 5. The SMILES string of the molecule is Nc1ncnc2c1c(-c1ncns1)cn2C1CCC(CNCCCNCCc2ccccc2)C1. The van der Waals surface area contributed by atoms with Crippen LogP contribution < -0.4 is 16.4 Å². The van der Waals surface area contributed by atoms with Gasteiger partial charge in [0.1, 0.15) is 29.1 Å². The van der Waals surface area contributed by atoms with E-state index in [2.05, 4.69) is 71.1 Å². The third-order valence-electron chi connectivity index (χ3n) is 6.71. The highest BCUT2D eigenvalue weighted by atomic mass is 32.1. The average Bonchev–Trinajstić information content (AvgIpc) is 3.61. The lowest BCUT2D eigenvalue weighted by Gasteiger charge is -2.15. The Balaban J connectivity index is 1.08. The molecule has 0 bridgehead atoms. The minimum atomic E-state index is 0.421. The maximum atomic E-state index is 6.23. The van der Waals surface area contributed by atoms with Gasteiger partial charge in [-0.15, -0.1) is 0 Å². The van der Waals surface area contributed by atoms with E-state index in [9.17, 15) is 0 Å². The molecule has 2 atom stereocenters. The molecule has 5 rings (SSSR count). The summed E-state index contributed by atoms with van der Waals surface area (Å²) in [5.74, 6) is 1.18. The molecule has 1 aliphatic carbocycles. The summed E-state index contributed by atoms with van der Waals surface area (Å²) < 4.78 is 6.45. The average molecular weight is 477 g/mol. The Morgan fingerprint density at radius 2 is 1.88 bits per heavy atom. The lowest BCUT2D eigenvalue weighted by Crippen LogP contribution is -2.26. The lowest BCUT2D eigenvalue weighted by molar-refractivity contribution is 0.452. The fourth-order valence-electron chi connectivity index (χ4n) is 4.97. The van der Waals surface area contributed by atoms with Crippen LogP contribution >= 0.6 is 11.5 Å². The Morgan fingerprint density at radius 1 is 1.00 bits per heavy atom. The van der Waals surface area contributed by atoms with Gasteiger partial charge in [0.25, 0.3) is 0 Å². The van der Waals surface area contributed by atoms with Crippen molar-refractivity contribution in [1.29, 1.82) is 0 Å². The van der Waals surface area contributed by atoms with Gasteiger partial charge in [0.05, 0.1) is 5.39 Å². The van der Waals surface area contributed by atoms with Crippen molar-refractivity contribution in [3.63, 3.8) is 0 Å². The van der Waals surface area contributed by atoms with E-state index in [0.29, 0.717) is 17.8 Å². The van der Waals surface area contributed by atoms with Crippen molar-refractivity contribution < 1.29 is 0 Å². The molecule has 0 spiro atoms. The summed E-state index contributed by atoms with van der Waals surface area (Å²) in [6, 6.07) is 11.1. The van der Waals surface area contributed by atoms with Crippen LogP contribution in [0.5, 0.6) is 0 Å². The number of nitrogens with two attached hydrogens (primary N) is 1. The van der Waals surface area contributed by atoms with Gasteiger partial charge in [-0.2, -0.15) is 4.37 Å². The number of nitrogens with one attached hydrogen (secondary N) is 2. The zero-order valence-electron chi connectivity index (χ0n) is 19.4. The first kappa shape index (κ1) is 22.9. The van der Waals surface area contributed by atoms with E-state index in [1.54, 1.807) is 12.7 Å². The first-order valence-corrected chi connectivity index (χ1v) is 12.9. The molecular formula is C25H32N8S. The standard InChI is InChI=1S/C25H32N8S/c26-23-22-21(25-31-17-32-34-25)15-33(24(22)30-16-29-23)20-8-7-19(13-20)14-28-11-4-10-27-12-9-18-5-2-1-3-6-18/h1-3,5-6,15-17,19-20,27-28H,4,7-14H2,(H2,26,29,30). The van der Waals surface area contributed by atoms with Crippen molar-refractivity contribution in [2.24, 2.45) is 5.92 Å². The molecule has 1 aromatic carbocycles. The first-order valence-electron chi connectivity index (χ1n) is 12.1.